The molecule has 2 aromatic carbocycles. The Morgan fingerprint density at radius 3 is 1.59 bits per heavy atom. The zero-order valence-electron chi connectivity index (χ0n) is 31.2. The number of aromatic carboxylic acids is 2. The van der Waals surface area contributed by atoms with Crippen molar-refractivity contribution in [2.45, 2.75) is 90.9 Å². The molecule has 0 spiro atoms. The van der Waals surface area contributed by atoms with Crippen molar-refractivity contribution in [2.75, 3.05) is 0 Å². The Bertz CT molecular complexity index is 2370. The van der Waals surface area contributed by atoms with Gasteiger partial charge in [-0.3, -0.25) is 4.98 Å². The van der Waals surface area contributed by atoms with E-state index in [-0.39, 0.29) is 11.1 Å². The molecule has 2 aliphatic rings. The van der Waals surface area contributed by atoms with Crippen LogP contribution in [0.4, 0.5) is 0 Å². The highest BCUT2D eigenvalue weighted by Gasteiger charge is 2.20. The summed E-state index contributed by atoms with van der Waals surface area (Å²) >= 11 is 0. The zero-order valence-corrected chi connectivity index (χ0v) is 31.2. The van der Waals surface area contributed by atoms with Gasteiger partial charge in [0.05, 0.1) is 28.2 Å². The molecule has 3 aromatic heterocycles. The van der Waals surface area contributed by atoms with Gasteiger partial charge in [-0.05, 0) is 116 Å². The molecule has 0 unspecified atom stereocenters. The Balaban J connectivity index is 1.55. The molecule has 0 saturated heterocycles. The van der Waals surface area contributed by atoms with Crippen molar-refractivity contribution in [1.82, 2.24) is 19.9 Å². The lowest BCUT2D eigenvalue weighted by Crippen LogP contribution is -1.96. The van der Waals surface area contributed by atoms with Crippen LogP contribution in [-0.4, -0.2) is 42.1 Å². The van der Waals surface area contributed by atoms with Gasteiger partial charge in [-0.1, -0.05) is 76.6 Å². The van der Waals surface area contributed by atoms with Gasteiger partial charge in [-0.25, -0.2) is 14.6 Å². The summed E-state index contributed by atoms with van der Waals surface area (Å²) in [6, 6.07) is 22.7. The molecule has 0 saturated carbocycles. The summed E-state index contributed by atoms with van der Waals surface area (Å²) in [5, 5.41) is 19.3. The van der Waals surface area contributed by atoms with E-state index < -0.39 is 11.9 Å². The predicted octanol–water partition coefficient (Wildman–Crippen LogP) is 11.2. The summed E-state index contributed by atoms with van der Waals surface area (Å²) in [5.74, 6) is -1.91. The van der Waals surface area contributed by atoms with Gasteiger partial charge in [-0.2, -0.15) is 0 Å². The van der Waals surface area contributed by atoms with E-state index in [9.17, 15) is 19.8 Å². The van der Waals surface area contributed by atoms with E-state index in [2.05, 4.69) is 60.2 Å². The van der Waals surface area contributed by atoms with E-state index in [0.29, 0.717) is 0 Å². The fourth-order valence-electron chi connectivity index (χ4n) is 7.78. The standard InChI is InChI=1S/C46H48N4O4/c1-3-5-7-9-11-33-35-21-25-39(47-35)43(29-13-17-31(18-14-29)45(51)52)41-27-23-37(49-41)34(12-10-8-6-4-2)38-24-28-42(50-38)44(40-26-22-36(33)48-40)30-15-19-32(20-16-30)46(53)54/h13-23,25-27,48-49H,3-12,24,28H2,1-2H3,(H,51,52)(H,53,54). The second kappa shape index (κ2) is 16.5. The molecular formula is C46H48N4O4. The molecule has 54 heavy (non-hydrogen) atoms. The number of aromatic amines is 2. The van der Waals surface area contributed by atoms with E-state index in [0.717, 1.165) is 137 Å². The van der Waals surface area contributed by atoms with Crippen LogP contribution in [0.25, 0.3) is 56.5 Å². The molecular weight excluding hydrogens is 673 g/mol. The van der Waals surface area contributed by atoms with E-state index >= 15 is 0 Å². The van der Waals surface area contributed by atoms with E-state index in [4.69, 9.17) is 9.97 Å². The van der Waals surface area contributed by atoms with Crippen molar-refractivity contribution in [3.05, 3.63) is 118 Å². The number of fused-ring (bicyclic) bond motifs is 8. The molecule has 5 aromatic rings. The molecule has 276 valence electrons. The van der Waals surface area contributed by atoms with Crippen molar-refractivity contribution in [1.29, 1.82) is 0 Å². The largest absolute Gasteiger partial charge is 0.478 e. The maximum Gasteiger partial charge on any atom is 0.335 e. The van der Waals surface area contributed by atoms with Crippen LogP contribution < -0.4 is 0 Å². The zero-order chi connectivity index (χ0) is 37.6. The number of carboxylic acid groups (broad SMARTS) is 2. The lowest BCUT2D eigenvalue weighted by Gasteiger charge is -2.07. The van der Waals surface area contributed by atoms with Crippen LogP contribution >= 0.6 is 0 Å². The van der Waals surface area contributed by atoms with Crippen LogP contribution in [-0.2, 0) is 25.7 Å². The highest BCUT2D eigenvalue weighted by Crippen LogP contribution is 2.35. The molecule has 0 amide bonds. The number of carboxylic acids is 2. The monoisotopic (exact) mass is 720 g/mol. The van der Waals surface area contributed by atoms with E-state index in [1.165, 1.54) is 18.4 Å². The smallest absolute Gasteiger partial charge is 0.335 e. The second-order valence-corrected chi connectivity index (χ2v) is 14.4. The first-order valence-electron chi connectivity index (χ1n) is 19.5. The van der Waals surface area contributed by atoms with Gasteiger partial charge in [0.2, 0.25) is 0 Å². The number of unbranched alkanes of at least 4 members (excludes halogenated alkanes) is 6. The predicted molar refractivity (Wildman–Crippen MR) is 218 cm³/mol. The summed E-state index contributed by atoms with van der Waals surface area (Å²) in [7, 11) is 0. The number of aromatic nitrogens is 4. The van der Waals surface area contributed by atoms with E-state index in [1.54, 1.807) is 24.3 Å². The van der Waals surface area contributed by atoms with Crippen molar-refractivity contribution in [2.24, 2.45) is 0 Å². The Morgan fingerprint density at radius 1 is 0.537 bits per heavy atom. The van der Waals surface area contributed by atoms with Gasteiger partial charge >= 0.3 is 11.9 Å². The number of hydrogen-bond acceptors (Lipinski definition) is 4. The minimum Gasteiger partial charge on any atom is -0.478 e. The van der Waals surface area contributed by atoms with Crippen LogP contribution in [0.15, 0.2) is 72.8 Å². The highest BCUT2D eigenvalue weighted by atomic mass is 16.4. The molecule has 8 nitrogen and oxygen atoms in total. The van der Waals surface area contributed by atoms with Gasteiger partial charge in [-0.15, -0.1) is 0 Å². The van der Waals surface area contributed by atoms with Crippen LogP contribution in [0.5, 0.6) is 0 Å². The summed E-state index contributed by atoms with van der Waals surface area (Å²) in [5.41, 5.74) is 14.2. The molecule has 0 fully saturated rings. The molecule has 0 radical (unpaired) electrons. The first-order valence-corrected chi connectivity index (χ1v) is 19.5. The summed E-state index contributed by atoms with van der Waals surface area (Å²) in [4.78, 5) is 41.8. The normalized spacial score (nSPS) is 12.3. The van der Waals surface area contributed by atoms with Crippen LogP contribution in [0.1, 0.15) is 120 Å². The number of aryl methyl sites for hydroxylation is 4. The topological polar surface area (TPSA) is 132 Å². The number of H-pyrrole nitrogens is 2. The fraction of sp³-hybridized carbons (Fsp3) is 0.304. The summed E-state index contributed by atoms with van der Waals surface area (Å²) in [6.45, 7) is 4.44. The lowest BCUT2D eigenvalue weighted by molar-refractivity contribution is 0.0686. The number of nitrogens with zero attached hydrogens (tertiary/aromatic N) is 2. The Hall–Kier alpha value is -5.76. The molecule has 2 aliphatic heterocycles. The maximum atomic E-state index is 11.8. The van der Waals surface area contributed by atoms with Crippen LogP contribution in [0.3, 0.4) is 0 Å². The lowest BCUT2D eigenvalue weighted by atomic mass is 10.00. The number of hydrogen-bond donors (Lipinski definition) is 4. The Labute approximate surface area is 316 Å². The second-order valence-electron chi connectivity index (χ2n) is 14.4. The maximum absolute atomic E-state index is 11.8. The Kier molecular flexibility index (Phi) is 11.2. The third kappa shape index (κ3) is 7.79. The first-order chi connectivity index (χ1) is 26.3. The van der Waals surface area contributed by atoms with Crippen LogP contribution in [0.2, 0.25) is 0 Å². The molecule has 4 N–H and O–H groups in total. The van der Waals surface area contributed by atoms with Crippen molar-refractivity contribution < 1.29 is 19.8 Å². The van der Waals surface area contributed by atoms with Gasteiger partial charge in [0, 0.05) is 44.5 Å². The summed E-state index contributed by atoms with van der Waals surface area (Å²) < 4.78 is 0. The minimum absolute atomic E-state index is 0.240. The molecule has 7 rings (SSSR count). The quantitative estimate of drug-likeness (QED) is 0.0828. The number of nitrogens with one attached hydrogen (secondary N) is 2. The van der Waals surface area contributed by atoms with Crippen molar-refractivity contribution >= 4 is 46.2 Å². The molecule has 5 heterocycles. The molecule has 0 aliphatic carbocycles. The molecule has 0 atom stereocenters. The number of rotatable bonds is 14. The van der Waals surface area contributed by atoms with E-state index in [1.807, 2.05) is 24.3 Å². The first kappa shape index (κ1) is 36.6. The average molecular weight is 721 g/mol. The molecule has 8 heteroatoms. The third-order valence-electron chi connectivity index (χ3n) is 10.7. The van der Waals surface area contributed by atoms with Crippen molar-refractivity contribution in [3.63, 3.8) is 0 Å². The third-order valence-corrected chi connectivity index (χ3v) is 10.7. The van der Waals surface area contributed by atoms with Gasteiger partial charge in [0.25, 0.3) is 0 Å². The number of carbonyl (C=O) groups is 2. The van der Waals surface area contributed by atoms with Crippen molar-refractivity contribution in [3.8, 4) is 22.3 Å². The fourth-order valence-corrected chi connectivity index (χ4v) is 7.78. The SMILES string of the molecule is CCCCCCc1c2nc(c(-c3ccc(C(=O)O)cc3)c3ccc([nH]3)c(CCCCCC)c3nc(c(-c4ccc(C(=O)O)cc4)c4ccc1[nH]4)CC3)C=C2. The minimum atomic E-state index is -0.957. The van der Waals surface area contributed by atoms with Gasteiger partial charge in [0.1, 0.15) is 0 Å². The number of benzene rings is 2. The van der Waals surface area contributed by atoms with Crippen LogP contribution in [0, 0.1) is 0 Å². The average Bonchev–Trinajstić information content (AvgIpc) is 4.02. The molecule has 8 bridgehead atoms. The summed E-state index contributed by atoms with van der Waals surface area (Å²) in [6.07, 6.45) is 16.5. The van der Waals surface area contributed by atoms with Gasteiger partial charge in [0.15, 0.2) is 0 Å². The van der Waals surface area contributed by atoms with Gasteiger partial charge < -0.3 is 20.2 Å². The Morgan fingerprint density at radius 2 is 1.02 bits per heavy atom. The highest BCUT2D eigenvalue weighted by molar-refractivity contribution is 5.94.